The van der Waals surface area contributed by atoms with Crippen LogP contribution < -0.4 is 9.47 Å². The van der Waals surface area contributed by atoms with E-state index in [2.05, 4.69) is 9.97 Å². The molecule has 0 amide bonds. The molecule has 7 heteroatoms. The molecular weight excluding hydrogens is 262 g/mol. The smallest absolute Gasteiger partial charge is 0.309 e. The Morgan fingerprint density at radius 2 is 2.05 bits per heavy atom. The van der Waals surface area contributed by atoms with Crippen LogP contribution in [-0.2, 0) is 11.2 Å². The molecule has 104 valence electrons. The van der Waals surface area contributed by atoms with Crippen molar-refractivity contribution in [3.63, 3.8) is 0 Å². The van der Waals surface area contributed by atoms with E-state index in [-0.39, 0.29) is 6.42 Å². The number of H-pyrrole nitrogens is 1. The molecule has 20 heavy (non-hydrogen) atoms. The molecule has 0 aliphatic carbocycles. The number of aliphatic carboxylic acids is 1. The van der Waals surface area contributed by atoms with Gasteiger partial charge in [-0.2, -0.15) is 0 Å². The van der Waals surface area contributed by atoms with E-state index >= 15 is 0 Å². The topological polar surface area (TPSA) is 88.8 Å². The second kappa shape index (κ2) is 4.44. The van der Waals surface area contributed by atoms with E-state index in [4.69, 9.17) is 14.6 Å². The number of rotatable bonds is 4. The summed E-state index contributed by atoms with van der Waals surface area (Å²) >= 11 is 0. The van der Waals surface area contributed by atoms with E-state index in [1.165, 1.54) is 0 Å². The van der Waals surface area contributed by atoms with E-state index in [0.29, 0.717) is 23.0 Å². The van der Waals surface area contributed by atoms with Crippen molar-refractivity contribution >= 4 is 22.8 Å². The third kappa shape index (κ3) is 1.83. The summed E-state index contributed by atoms with van der Waals surface area (Å²) in [4.78, 5) is 18.1. The number of nitrogens with one attached hydrogen (secondary N) is 1. The number of hydrogen-bond donors (Lipinski definition) is 2. The van der Waals surface area contributed by atoms with Crippen molar-refractivity contribution < 1.29 is 19.4 Å². The quantitative estimate of drug-likeness (QED) is 0.752. The van der Waals surface area contributed by atoms with Crippen LogP contribution in [0, 0.1) is 0 Å². The van der Waals surface area contributed by atoms with Crippen LogP contribution in [0.15, 0.2) is 18.3 Å². The number of carboxylic acid groups (broad SMARTS) is 1. The average Bonchev–Trinajstić information content (AvgIpc) is 2.92. The zero-order chi connectivity index (χ0) is 14.3. The molecule has 0 aliphatic heterocycles. The lowest BCUT2D eigenvalue weighted by Gasteiger charge is -2.06. The number of nitrogens with zero attached hydrogens (tertiary/aromatic N) is 2. The normalized spacial score (nSPS) is 11.1. The fourth-order valence-corrected chi connectivity index (χ4v) is 2.23. The van der Waals surface area contributed by atoms with Gasteiger partial charge in [0.2, 0.25) is 5.78 Å². The van der Waals surface area contributed by atoms with Gasteiger partial charge in [-0.1, -0.05) is 0 Å². The molecule has 2 N–H and O–H groups in total. The van der Waals surface area contributed by atoms with Crippen molar-refractivity contribution in [1.82, 2.24) is 14.4 Å². The molecule has 3 rings (SSSR count). The highest BCUT2D eigenvalue weighted by molar-refractivity contribution is 5.83. The first-order valence-electron chi connectivity index (χ1n) is 5.96. The number of aromatic nitrogens is 3. The van der Waals surface area contributed by atoms with Gasteiger partial charge in [-0.05, 0) is 0 Å². The lowest BCUT2D eigenvalue weighted by molar-refractivity contribution is -0.136. The second-order valence-corrected chi connectivity index (χ2v) is 4.35. The summed E-state index contributed by atoms with van der Waals surface area (Å²) in [6, 6.07) is 3.60. The Balaban J connectivity index is 2.20. The summed E-state index contributed by atoms with van der Waals surface area (Å²) in [6.45, 7) is 0. The maximum atomic E-state index is 10.7. The number of ether oxygens (including phenoxy) is 2. The number of benzene rings is 1. The maximum Gasteiger partial charge on any atom is 0.309 e. The predicted octanol–water partition coefficient (Wildman–Crippen LogP) is 1.46. The van der Waals surface area contributed by atoms with Crippen LogP contribution >= 0.6 is 0 Å². The number of carbonyl (C=O) groups is 1. The molecule has 2 heterocycles. The Bertz CT molecular complexity index is 803. The van der Waals surface area contributed by atoms with Gasteiger partial charge < -0.3 is 19.6 Å². The van der Waals surface area contributed by atoms with E-state index in [1.807, 2.05) is 6.07 Å². The molecule has 3 aromatic rings. The molecular formula is C13H13N3O4. The van der Waals surface area contributed by atoms with Crippen molar-refractivity contribution in [2.24, 2.45) is 0 Å². The highest BCUT2D eigenvalue weighted by Crippen LogP contribution is 2.32. The van der Waals surface area contributed by atoms with Crippen LogP contribution in [0.3, 0.4) is 0 Å². The molecule has 0 radical (unpaired) electrons. The molecule has 0 unspecified atom stereocenters. The molecule has 2 aromatic heterocycles. The highest BCUT2D eigenvalue weighted by atomic mass is 16.5. The summed E-state index contributed by atoms with van der Waals surface area (Å²) < 4.78 is 12.3. The molecule has 0 saturated carbocycles. The van der Waals surface area contributed by atoms with E-state index in [9.17, 15) is 4.79 Å². The molecule has 0 atom stereocenters. The standard InChI is InChI=1S/C13H13N3O4/c1-19-10-4-8-9(5-11(10)20-2)16-6-7(3-12(17)18)14-13(16)15-8/h4-6H,3H2,1-2H3,(H,14,15)(H,17,18). The van der Waals surface area contributed by atoms with Crippen molar-refractivity contribution in [2.45, 2.75) is 6.42 Å². The predicted molar refractivity (Wildman–Crippen MR) is 71.5 cm³/mol. The number of carboxylic acids is 1. The Morgan fingerprint density at radius 3 is 2.70 bits per heavy atom. The van der Waals surface area contributed by atoms with Gasteiger partial charge in [-0.3, -0.25) is 9.20 Å². The van der Waals surface area contributed by atoms with Gasteiger partial charge in [0.15, 0.2) is 11.5 Å². The first kappa shape index (κ1) is 12.3. The number of aromatic amines is 1. The van der Waals surface area contributed by atoms with Crippen molar-refractivity contribution in [3.8, 4) is 11.5 Å². The summed E-state index contributed by atoms with van der Waals surface area (Å²) in [5.41, 5.74) is 2.16. The van der Waals surface area contributed by atoms with Gasteiger partial charge in [-0.25, -0.2) is 4.98 Å². The average molecular weight is 275 g/mol. The number of imidazole rings is 2. The van der Waals surface area contributed by atoms with Gasteiger partial charge in [0, 0.05) is 24.0 Å². The van der Waals surface area contributed by atoms with Gasteiger partial charge in [-0.15, -0.1) is 0 Å². The molecule has 0 bridgehead atoms. The SMILES string of the molecule is COc1cc2nc3[nH]c(CC(=O)O)cn3c2cc1OC. The van der Waals surface area contributed by atoms with Crippen LogP contribution in [0.25, 0.3) is 16.8 Å². The first-order valence-corrected chi connectivity index (χ1v) is 5.96. The van der Waals surface area contributed by atoms with Gasteiger partial charge in [0.25, 0.3) is 0 Å². The summed E-state index contributed by atoms with van der Waals surface area (Å²) in [7, 11) is 3.13. The third-order valence-electron chi connectivity index (χ3n) is 3.09. The molecule has 0 saturated heterocycles. The second-order valence-electron chi connectivity index (χ2n) is 4.35. The van der Waals surface area contributed by atoms with Gasteiger partial charge in [0.05, 0.1) is 31.7 Å². The maximum absolute atomic E-state index is 10.7. The summed E-state index contributed by atoms with van der Waals surface area (Å²) in [5.74, 6) is 0.902. The lowest BCUT2D eigenvalue weighted by atomic mass is 10.2. The number of hydrogen-bond acceptors (Lipinski definition) is 4. The highest BCUT2D eigenvalue weighted by Gasteiger charge is 2.13. The third-order valence-corrected chi connectivity index (χ3v) is 3.09. The van der Waals surface area contributed by atoms with Crippen molar-refractivity contribution in [2.75, 3.05) is 14.2 Å². The molecule has 7 nitrogen and oxygen atoms in total. The fraction of sp³-hybridized carbons (Fsp3) is 0.231. The van der Waals surface area contributed by atoms with Gasteiger partial charge in [0.1, 0.15) is 0 Å². The van der Waals surface area contributed by atoms with E-state index in [1.54, 1.807) is 30.9 Å². The fourth-order valence-electron chi connectivity index (χ4n) is 2.23. The van der Waals surface area contributed by atoms with Crippen LogP contribution in [0.5, 0.6) is 11.5 Å². The van der Waals surface area contributed by atoms with E-state index in [0.717, 1.165) is 11.0 Å². The minimum absolute atomic E-state index is 0.0713. The van der Waals surface area contributed by atoms with Gasteiger partial charge >= 0.3 is 5.97 Å². The Kier molecular flexibility index (Phi) is 2.74. The van der Waals surface area contributed by atoms with Crippen LogP contribution in [0.4, 0.5) is 0 Å². The number of fused-ring (bicyclic) bond motifs is 3. The monoisotopic (exact) mass is 275 g/mol. The summed E-state index contributed by atoms with van der Waals surface area (Å²) in [6.07, 6.45) is 1.66. The molecule has 1 aromatic carbocycles. The zero-order valence-corrected chi connectivity index (χ0v) is 11.0. The lowest BCUT2D eigenvalue weighted by Crippen LogP contribution is -1.99. The Morgan fingerprint density at radius 1 is 1.35 bits per heavy atom. The summed E-state index contributed by atoms with van der Waals surface area (Å²) in [5, 5.41) is 8.81. The zero-order valence-electron chi connectivity index (χ0n) is 11.0. The van der Waals surface area contributed by atoms with Crippen molar-refractivity contribution in [1.29, 1.82) is 0 Å². The Labute approximate surface area is 113 Å². The molecule has 0 spiro atoms. The largest absolute Gasteiger partial charge is 0.493 e. The van der Waals surface area contributed by atoms with Crippen LogP contribution in [0.2, 0.25) is 0 Å². The van der Waals surface area contributed by atoms with E-state index < -0.39 is 5.97 Å². The molecule has 0 aliphatic rings. The molecule has 0 fully saturated rings. The first-order chi connectivity index (χ1) is 9.62. The van der Waals surface area contributed by atoms with Crippen molar-refractivity contribution in [3.05, 3.63) is 24.0 Å². The van der Waals surface area contributed by atoms with Crippen LogP contribution in [0.1, 0.15) is 5.69 Å². The minimum atomic E-state index is -0.891. The number of methoxy groups -OCH3 is 2. The Hall–Kier alpha value is -2.70. The van der Waals surface area contributed by atoms with Crippen LogP contribution in [-0.4, -0.2) is 39.7 Å². The minimum Gasteiger partial charge on any atom is -0.493 e.